The third kappa shape index (κ3) is 6.43. The van der Waals surface area contributed by atoms with Gasteiger partial charge in [0.25, 0.3) is 0 Å². The number of hydrogen-bond donors (Lipinski definition) is 0. The van der Waals surface area contributed by atoms with Crippen molar-refractivity contribution in [2.75, 3.05) is 4.90 Å². The molecule has 0 N–H and O–H groups in total. The predicted octanol–water partition coefficient (Wildman–Crippen LogP) is 17.5. The molecule has 0 amide bonds. The minimum atomic E-state index is 1.07. The smallest absolute Gasteiger partial charge is 0.0619 e. The average Bonchev–Trinajstić information content (AvgIpc) is 3.94. The highest BCUT2D eigenvalue weighted by Crippen LogP contribution is 2.47. The fourth-order valence-electron chi connectivity index (χ4n) is 10.5. The molecule has 3 heteroatoms. The molecular weight excluding hydrogens is 811 g/mol. The van der Waals surface area contributed by atoms with Gasteiger partial charge in [-0.05, 0) is 124 Å². The topological polar surface area (TPSA) is 13.1 Å². The molecule has 3 nitrogen and oxygen atoms in total. The zero-order chi connectivity index (χ0) is 44.3. The first kappa shape index (κ1) is 38.5. The summed E-state index contributed by atoms with van der Waals surface area (Å²) in [5.74, 6) is 0. The number of aromatic nitrogens is 2. The number of rotatable bonds is 8. The van der Waals surface area contributed by atoms with Crippen molar-refractivity contribution in [2.24, 2.45) is 0 Å². The molecule has 0 radical (unpaired) electrons. The van der Waals surface area contributed by atoms with Crippen LogP contribution in [0.3, 0.4) is 0 Å². The molecule has 0 aliphatic heterocycles. The van der Waals surface area contributed by atoms with E-state index in [1.165, 1.54) is 71.1 Å². The van der Waals surface area contributed by atoms with Crippen molar-refractivity contribution in [3.05, 3.63) is 261 Å². The molecule has 13 rings (SSSR count). The van der Waals surface area contributed by atoms with Crippen LogP contribution in [0, 0.1) is 0 Å². The van der Waals surface area contributed by atoms with Crippen molar-refractivity contribution in [1.82, 2.24) is 9.13 Å². The Morgan fingerprint density at radius 1 is 0.269 bits per heavy atom. The average molecular weight is 854 g/mol. The first-order valence-corrected chi connectivity index (χ1v) is 23.0. The van der Waals surface area contributed by atoms with Crippen LogP contribution in [-0.4, -0.2) is 9.13 Å². The molecule has 314 valence electrons. The number of nitrogens with zero attached hydrogens (tertiary/aromatic N) is 3. The van der Waals surface area contributed by atoms with Crippen LogP contribution in [0.4, 0.5) is 17.1 Å². The fraction of sp³-hybridized carbons (Fsp3) is 0. The molecule has 2 aromatic heterocycles. The van der Waals surface area contributed by atoms with Crippen LogP contribution in [0.2, 0.25) is 0 Å². The number of anilines is 3. The maximum absolute atomic E-state index is 2.48. The molecule has 0 saturated carbocycles. The molecule has 0 unspecified atom stereocenters. The summed E-state index contributed by atoms with van der Waals surface area (Å²) in [5.41, 5.74) is 17.2. The molecule has 0 atom stereocenters. The highest BCUT2D eigenvalue weighted by molar-refractivity contribution is 6.24. The van der Waals surface area contributed by atoms with E-state index in [1.54, 1.807) is 0 Å². The summed E-state index contributed by atoms with van der Waals surface area (Å²) >= 11 is 0. The van der Waals surface area contributed by atoms with E-state index >= 15 is 0 Å². The van der Waals surface area contributed by atoms with Gasteiger partial charge in [-0.3, -0.25) is 0 Å². The minimum absolute atomic E-state index is 1.07. The lowest BCUT2D eigenvalue weighted by Gasteiger charge is -2.27. The second-order valence-electron chi connectivity index (χ2n) is 17.3. The van der Waals surface area contributed by atoms with Crippen LogP contribution in [0.1, 0.15) is 0 Å². The number of benzene rings is 11. The summed E-state index contributed by atoms with van der Waals surface area (Å²) in [4.78, 5) is 2.41. The van der Waals surface area contributed by atoms with Gasteiger partial charge in [-0.2, -0.15) is 0 Å². The Balaban J connectivity index is 1.13. The van der Waals surface area contributed by atoms with Crippen LogP contribution in [0.5, 0.6) is 0 Å². The Hall–Kier alpha value is -8.92. The van der Waals surface area contributed by atoms with E-state index in [1.807, 2.05) is 0 Å². The fourth-order valence-corrected chi connectivity index (χ4v) is 10.5. The van der Waals surface area contributed by atoms with E-state index in [4.69, 9.17) is 0 Å². The van der Waals surface area contributed by atoms with Gasteiger partial charge < -0.3 is 14.0 Å². The summed E-state index contributed by atoms with van der Waals surface area (Å²) in [6, 6.07) is 95.1. The number of fused-ring (bicyclic) bond motifs is 8. The molecule has 11 aromatic carbocycles. The van der Waals surface area contributed by atoms with Crippen molar-refractivity contribution < 1.29 is 0 Å². The molecule has 0 aliphatic carbocycles. The maximum Gasteiger partial charge on any atom is 0.0619 e. The lowest BCUT2D eigenvalue weighted by molar-refractivity contribution is 1.18. The molecule has 0 aliphatic rings. The lowest BCUT2D eigenvalue weighted by Crippen LogP contribution is -2.10. The molecular formula is C64H43N3. The zero-order valence-electron chi connectivity index (χ0n) is 36.7. The minimum Gasteiger partial charge on any atom is -0.310 e. The molecule has 0 fully saturated rings. The monoisotopic (exact) mass is 853 g/mol. The van der Waals surface area contributed by atoms with Gasteiger partial charge in [0, 0.05) is 55.5 Å². The largest absolute Gasteiger partial charge is 0.310 e. The van der Waals surface area contributed by atoms with Gasteiger partial charge in [-0.25, -0.2) is 0 Å². The lowest BCUT2D eigenvalue weighted by atomic mass is 9.93. The van der Waals surface area contributed by atoms with Crippen molar-refractivity contribution in [1.29, 1.82) is 0 Å². The number of hydrogen-bond acceptors (Lipinski definition) is 1. The Bertz CT molecular complexity index is 3940. The third-order valence-electron chi connectivity index (χ3n) is 13.4. The van der Waals surface area contributed by atoms with E-state index in [0.29, 0.717) is 0 Å². The third-order valence-corrected chi connectivity index (χ3v) is 13.4. The quantitative estimate of drug-likeness (QED) is 0.148. The summed E-state index contributed by atoms with van der Waals surface area (Å²) in [6.07, 6.45) is 0. The van der Waals surface area contributed by atoms with Gasteiger partial charge >= 0.3 is 0 Å². The molecule has 0 bridgehead atoms. The van der Waals surface area contributed by atoms with Gasteiger partial charge in [-0.15, -0.1) is 0 Å². The van der Waals surface area contributed by atoms with E-state index in [2.05, 4.69) is 275 Å². The van der Waals surface area contributed by atoms with Crippen LogP contribution in [-0.2, 0) is 0 Å². The standard InChI is InChI=1S/C64H43N3/c1-5-19-44(20-6-1)45-35-38-52(39-36-45)65(49-22-7-2-8-23-49)53-42-47(55-30-18-34-60-62(55)57-29-15-16-33-59(57)66(60)50-24-9-3-10-25-50)41-48(43-53)56-31-17-32-58-63-54-28-14-13-21-46(54)37-40-61(63)67(64(56)58)51-26-11-4-12-27-51/h1-43H. The van der Waals surface area contributed by atoms with Crippen LogP contribution in [0.25, 0.3) is 99.1 Å². The molecule has 2 heterocycles. The van der Waals surface area contributed by atoms with E-state index in [-0.39, 0.29) is 0 Å². The normalized spacial score (nSPS) is 11.6. The molecule has 0 saturated heterocycles. The summed E-state index contributed by atoms with van der Waals surface area (Å²) in [7, 11) is 0. The van der Waals surface area contributed by atoms with Crippen molar-refractivity contribution in [3.8, 4) is 44.8 Å². The summed E-state index contributed by atoms with van der Waals surface area (Å²) in [6.45, 7) is 0. The Morgan fingerprint density at radius 2 is 0.791 bits per heavy atom. The molecule has 13 aromatic rings. The van der Waals surface area contributed by atoms with Gasteiger partial charge in [-0.1, -0.05) is 176 Å². The number of para-hydroxylation sites is 5. The first-order valence-electron chi connectivity index (χ1n) is 23.0. The van der Waals surface area contributed by atoms with Gasteiger partial charge in [0.05, 0.1) is 22.1 Å². The van der Waals surface area contributed by atoms with Crippen LogP contribution in [0.15, 0.2) is 261 Å². The van der Waals surface area contributed by atoms with Crippen molar-refractivity contribution in [3.63, 3.8) is 0 Å². The van der Waals surface area contributed by atoms with Crippen LogP contribution >= 0.6 is 0 Å². The SMILES string of the molecule is c1ccc(-c2ccc(N(c3ccccc3)c3cc(-c4cccc5c4c4ccccc4n5-c4ccccc4)cc(-c4cccc5c6c7ccccc7ccc6n(-c6ccccc6)c45)c3)cc2)cc1. The van der Waals surface area contributed by atoms with E-state index in [9.17, 15) is 0 Å². The summed E-state index contributed by atoms with van der Waals surface area (Å²) < 4.78 is 4.89. The Morgan fingerprint density at radius 3 is 1.54 bits per heavy atom. The highest BCUT2D eigenvalue weighted by atomic mass is 15.1. The first-order chi connectivity index (χ1) is 33.3. The Labute approximate surface area is 389 Å². The zero-order valence-corrected chi connectivity index (χ0v) is 36.7. The Kier molecular flexibility index (Phi) is 9.17. The predicted molar refractivity (Wildman–Crippen MR) is 284 cm³/mol. The maximum atomic E-state index is 2.48. The van der Waals surface area contributed by atoms with Gasteiger partial charge in [0.2, 0.25) is 0 Å². The molecule has 0 spiro atoms. The molecule has 67 heavy (non-hydrogen) atoms. The van der Waals surface area contributed by atoms with Gasteiger partial charge in [0.15, 0.2) is 0 Å². The van der Waals surface area contributed by atoms with Gasteiger partial charge in [0.1, 0.15) is 0 Å². The van der Waals surface area contributed by atoms with Crippen molar-refractivity contribution >= 4 is 71.4 Å². The summed E-state index contributed by atoms with van der Waals surface area (Å²) in [5, 5.41) is 7.42. The second kappa shape index (κ2) is 16.0. The van der Waals surface area contributed by atoms with Crippen LogP contribution < -0.4 is 4.90 Å². The van der Waals surface area contributed by atoms with E-state index in [0.717, 1.165) is 45.1 Å². The van der Waals surface area contributed by atoms with Crippen molar-refractivity contribution in [2.45, 2.75) is 0 Å². The second-order valence-corrected chi connectivity index (χ2v) is 17.3. The highest BCUT2D eigenvalue weighted by Gasteiger charge is 2.23. The van der Waals surface area contributed by atoms with E-state index < -0.39 is 0 Å².